The highest BCUT2D eigenvalue weighted by molar-refractivity contribution is 5.74. The molecule has 0 aromatic heterocycles. The second kappa shape index (κ2) is 8.75. The SMILES string of the molecule is CC(C)CNC(=O)N[C@H](Cc1ccc(F)cc1)Cc1ccc2c(c1)OCO2. The first-order valence-corrected chi connectivity index (χ1v) is 9.17. The molecule has 6 heteroatoms. The molecule has 1 atom stereocenters. The van der Waals surface area contributed by atoms with Crippen LogP contribution in [0.15, 0.2) is 42.5 Å². The molecule has 3 rings (SSSR count). The lowest BCUT2D eigenvalue weighted by molar-refractivity contribution is 0.174. The van der Waals surface area contributed by atoms with Crippen LogP contribution < -0.4 is 20.1 Å². The van der Waals surface area contributed by atoms with E-state index >= 15 is 0 Å². The molecule has 0 spiro atoms. The molecule has 5 nitrogen and oxygen atoms in total. The van der Waals surface area contributed by atoms with Crippen molar-refractivity contribution in [2.75, 3.05) is 13.3 Å². The van der Waals surface area contributed by atoms with Gasteiger partial charge < -0.3 is 20.1 Å². The van der Waals surface area contributed by atoms with Crippen molar-refractivity contribution in [2.24, 2.45) is 5.92 Å². The van der Waals surface area contributed by atoms with Gasteiger partial charge in [0.1, 0.15) is 5.82 Å². The lowest BCUT2D eigenvalue weighted by Crippen LogP contribution is -2.45. The number of hydrogen-bond donors (Lipinski definition) is 2. The first kappa shape index (κ1) is 19.0. The number of rotatable bonds is 7. The third-order valence-electron chi connectivity index (χ3n) is 4.32. The molecule has 0 aliphatic carbocycles. The second-order valence-electron chi connectivity index (χ2n) is 7.17. The lowest BCUT2D eigenvalue weighted by Gasteiger charge is -2.20. The van der Waals surface area contributed by atoms with Crippen molar-refractivity contribution in [3.05, 3.63) is 59.4 Å². The Labute approximate surface area is 158 Å². The summed E-state index contributed by atoms with van der Waals surface area (Å²) in [4.78, 5) is 12.3. The molecule has 0 unspecified atom stereocenters. The summed E-state index contributed by atoms with van der Waals surface area (Å²) in [5.74, 6) is 1.56. The van der Waals surface area contributed by atoms with Crippen LogP contribution in [0.5, 0.6) is 11.5 Å². The summed E-state index contributed by atoms with van der Waals surface area (Å²) in [6.07, 6.45) is 1.23. The maximum Gasteiger partial charge on any atom is 0.315 e. The molecule has 0 fully saturated rings. The lowest BCUT2D eigenvalue weighted by atomic mass is 9.98. The molecule has 2 amide bonds. The van der Waals surface area contributed by atoms with E-state index in [0.717, 1.165) is 22.6 Å². The van der Waals surface area contributed by atoms with Gasteiger partial charge in [0, 0.05) is 12.6 Å². The van der Waals surface area contributed by atoms with Crippen LogP contribution in [0.4, 0.5) is 9.18 Å². The van der Waals surface area contributed by atoms with E-state index in [2.05, 4.69) is 10.6 Å². The quantitative estimate of drug-likeness (QED) is 0.780. The zero-order valence-electron chi connectivity index (χ0n) is 15.6. The summed E-state index contributed by atoms with van der Waals surface area (Å²) < 4.78 is 24.0. The molecular formula is C21H25FN2O3. The molecule has 0 saturated heterocycles. The Kier molecular flexibility index (Phi) is 6.16. The molecule has 2 aromatic rings. The number of fused-ring (bicyclic) bond motifs is 1. The number of carbonyl (C=O) groups excluding carboxylic acids is 1. The molecular weight excluding hydrogens is 347 g/mol. The Morgan fingerprint density at radius 3 is 2.44 bits per heavy atom. The van der Waals surface area contributed by atoms with Gasteiger partial charge in [0.15, 0.2) is 11.5 Å². The van der Waals surface area contributed by atoms with Crippen molar-refractivity contribution in [3.63, 3.8) is 0 Å². The average Bonchev–Trinajstić information content (AvgIpc) is 3.09. The second-order valence-corrected chi connectivity index (χ2v) is 7.17. The van der Waals surface area contributed by atoms with E-state index in [4.69, 9.17) is 9.47 Å². The maximum atomic E-state index is 13.2. The van der Waals surface area contributed by atoms with Crippen LogP contribution in [0, 0.1) is 11.7 Å². The molecule has 1 heterocycles. The van der Waals surface area contributed by atoms with Crippen molar-refractivity contribution in [3.8, 4) is 11.5 Å². The number of urea groups is 1. The van der Waals surface area contributed by atoms with Crippen LogP contribution in [0.1, 0.15) is 25.0 Å². The predicted molar refractivity (Wildman–Crippen MR) is 102 cm³/mol. The van der Waals surface area contributed by atoms with Gasteiger partial charge in [-0.05, 0) is 54.2 Å². The standard InChI is InChI=1S/C21H25FN2O3/c1-14(2)12-23-21(25)24-18(9-15-3-6-17(22)7-4-15)10-16-5-8-19-20(11-16)27-13-26-19/h3-8,11,14,18H,9-10,12-13H2,1-2H3,(H2,23,24,25)/t18-/m1/s1. The van der Waals surface area contributed by atoms with Gasteiger partial charge in [0.2, 0.25) is 6.79 Å². The Hall–Kier alpha value is -2.76. The summed E-state index contributed by atoms with van der Waals surface area (Å²) in [6.45, 7) is 4.93. The van der Waals surface area contributed by atoms with Gasteiger partial charge >= 0.3 is 6.03 Å². The Bertz CT molecular complexity index is 777. The highest BCUT2D eigenvalue weighted by Crippen LogP contribution is 2.32. The minimum Gasteiger partial charge on any atom is -0.454 e. The van der Waals surface area contributed by atoms with Gasteiger partial charge in [0.25, 0.3) is 0 Å². The average molecular weight is 372 g/mol. The molecule has 2 N–H and O–H groups in total. The van der Waals surface area contributed by atoms with Gasteiger partial charge in [-0.15, -0.1) is 0 Å². The Morgan fingerprint density at radius 1 is 1.04 bits per heavy atom. The third-order valence-corrected chi connectivity index (χ3v) is 4.32. The van der Waals surface area contributed by atoms with E-state index in [1.807, 2.05) is 32.0 Å². The highest BCUT2D eigenvalue weighted by Gasteiger charge is 2.18. The summed E-state index contributed by atoms with van der Waals surface area (Å²) >= 11 is 0. The first-order valence-electron chi connectivity index (χ1n) is 9.17. The van der Waals surface area contributed by atoms with E-state index in [1.165, 1.54) is 12.1 Å². The number of ether oxygens (including phenoxy) is 2. The molecule has 1 aliphatic rings. The van der Waals surface area contributed by atoms with E-state index < -0.39 is 0 Å². The fourth-order valence-corrected chi connectivity index (χ4v) is 2.96. The smallest absolute Gasteiger partial charge is 0.315 e. The monoisotopic (exact) mass is 372 g/mol. The summed E-state index contributed by atoms with van der Waals surface area (Å²) in [6, 6.07) is 11.8. The Balaban J connectivity index is 1.70. The van der Waals surface area contributed by atoms with Gasteiger partial charge in [0.05, 0.1) is 0 Å². The molecule has 0 saturated carbocycles. The fraction of sp³-hybridized carbons (Fsp3) is 0.381. The van der Waals surface area contributed by atoms with E-state index in [-0.39, 0.29) is 24.7 Å². The molecule has 27 heavy (non-hydrogen) atoms. The van der Waals surface area contributed by atoms with Crippen molar-refractivity contribution < 1.29 is 18.7 Å². The zero-order valence-corrected chi connectivity index (χ0v) is 15.6. The number of carbonyl (C=O) groups is 1. The molecule has 0 bridgehead atoms. The third kappa shape index (κ3) is 5.61. The van der Waals surface area contributed by atoms with Crippen LogP contribution in [0.25, 0.3) is 0 Å². The minimum atomic E-state index is -0.270. The van der Waals surface area contributed by atoms with Crippen molar-refractivity contribution >= 4 is 6.03 Å². The minimum absolute atomic E-state index is 0.136. The largest absolute Gasteiger partial charge is 0.454 e. The molecule has 1 aliphatic heterocycles. The van der Waals surface area contributed by atoms with E-state index in [1.54, 1.807) is 12.1 Å². The van der Waals surface area contributed by atoms with Gasteiger partial charge in [-0.1, -0.05) is 32.0 Å². The van der Waals surface area contributed by atoms with Gasteiger partial charge in [-0.25, -0.2) is 9.18 Å². The molecule has 144 valence electrons. The Morgan fingerprint density at radius 2 is 1.70 bits per heavy atom. The first-order chi connectivity index (χ1) is 13.0. The van der Waals surface area contributed by atoms with Crippen molar-refractivity contribution in [1.29, 1.82) is 0 Å². The van der Waals surface area contributed by atoms with Crippen molar-refractivity contribution in [1.82, 2.24) is 10.6 Å². The van der Waals surface area contributed by atoms with Crippen LogP contribution in [0.2, 0.25) is 0 Å². The predicted octanol–water partition coefficient (Wildman–Crippen LogP) is 3.66. The molecule has 2 aromatic carbocycles. The van der Waals surface area contributed by atoms with E-state index in [0.29, 0.717) is 25.3 Å². The highest BCUT2D eigenvalue weighted by atomic mass is 19.1. The number of amides is 2. The van der Waals surface area contributed by atoms with Crippen LogP contribution in [-0.2, 0) is 12.8 Å². The van der Waals surface area contributed by atoms with Crippen LogP contribution >= 0.6 is 0 Å². The van der Waals surface area contributed by atoms with E-state index in [9.17, 15) is 9.18 Å². The number of benzene rings is 2. The van der Waals surface area contributed by atoms with Gasteiger partial charge in [-0.3, -0.25) is 0 Å². The number of hydrogen-bond acceptors (Lipinski definition) is 3. The summed E-state index contributed by atoms with van der Waals surface area (Å²) in [5, 5.41) is 5.92. The molecule has 0 radical (unpaired) electrons. The van der Waals surface area contributed by atoms with Crippen LogP contribution in [-0.4, -0.2) is 25.4 Å². The van der Waals surface area contributed by atoms with Crippen LogP contribution in [0.3, 0.4) is 0 Å². The van der Waals surface area contributed by atoms with Crippen molar-refractivity contribution in [2.45, 2.75) is 32.7 Å². The number of halogens is 1. The van der Waals surface area contributed by atoms with Gasteiger partial charge in [-0.2, -0.15) is 0 Å². The fourth-order valence-electron chi connectivity index (χ4n) is 2.96. The normalized spacial score (nSPS) is 13.5. The summed E-state index contributed by atoms with van der Waals surface area (Å²) in [5.41, 5.74) is 2.00. The number of nitrogens with one attached hydrogen (secondary N) is 2. The topological polar surface area (TPSA) is 59.6 Å². The zero-order chi connectivity index (χ0) is 19.2. The summed E-state index contributed by atoms with van der Waals surface area (Å²) in [7, 11) is 0. The maximum absolute atomic E-state index is 13.2.